The molecule has 0 aliphatic heterocycles. The fraction of sp³-hybridized carbons (Fsp3) is 0.556. The predicted octanol–water partition coefficient (Wildman–Crippen LogP) is 0.610. The molecule has 1 aromatic rings. The number of alkyl halides is 3. The van der Waals surface area contributed by atoms with E-state index in [-0.39, 0.29) is 25.3 Å². The molecule has 0 radical (unpaired) electrons. The molecule has 17 heavy (non-hydrogen) atoms. The van der Waals surface area contributed by atoms with Crippen LogP contribution >= 0.6 is 0 Å². The largest absolute Gasteiger partial charge is 0.435 e. The summed E-state index contributed by atoms with van der Waals surface area (Å²) in [7, 11) is 0. The SMILES string of the molecule is CCn1nc(C(F)(F)F)cc1C(=O)NCCN. The Labute approximate surface area is 95.8 Å². The van der Waals surface area contributed by atoms with Gasteiger partial charge in [-0.1, -0.05) is 0 Å². The van der Waals surface area contributed by atoms with Gasteiger partial charge in [0, 0.05) is 25.7 Å². The third-order valence-corrected chi connectivity index (χ3v) is 2.03. The van der Waals surface area contributed by atoms with Gasteiger partial charge in [0.15, 0.2) is 5.69 Å². The summed E-state index contributed by atoms with van der Waals surface area (Å²) in [6, 6.07) is 0.731. The number of carbonyl (C=O) groups is 1. The lowest BCUT2D eigenvalue weighted by Crippen LogP contribution is -2.30. The van der Waals surface area contributed by atoms with Crippen molar-refractivity contribution in [2.24, 2.45) is 5.73 Å². The van der Waals surface area contributed by atoms with Gasteiger partial charge in [-0.25, -0.2) is 0 Å². The molecular formula is C9H13F3N4O. The van der Waals surface area contributed by atoms with Crippen LogP contribution in [0, 0.1) is 0 Å². The summed E-state index contributed by atoms with van der Waals surface area (Å²) in [6.07, 6.45) is -4.55. The first-order valence-electron chi connectivity index (χ1n) is 5.03. The van der Waals surface area contributed by atoms with Crippen LogP contribution < -0.4 is 11.1 Å². The van der Waals surface area contributed by atoms with Gasteiger partial charge in [-0.05, 0) is 6.92 Å². The van der Waals surface area contributed by atoms with Gasteiger partial charge in [0.2, 0.25) is 0 Å². The van der Waals surface area contributed by atoms with Crippen molar-refractivity contribution in [2.75, 3.05) is 13.1 Å². The molecule has 0 unspecified atom stereocenters. The highest BCUT2D eigenvalue weighted by atomic mass is 19.4. The lowest BCUT2D eigenvalue weighted by atomic mass is 10.3. The standard InChI is InChI=1S/C9H13F3N4O/c1-2-16-6(8(17)14-4-3-13)5-7(15-16)9(10,11)12/h5H,2-4,13H2,1H3,(H,14,17). The number of hydrogen-bond donors (Lipinski definition) is 2. The number of aryl methyl sites for hydroxylation is 1. The van der Waals surface area contributed by atoms with Crippen molar-refractivity contribution in [3.63, 3.8) is 0 Å². The molecule has 0 bridgehead atoms. The molecule has 96 valence electrons. The number of nitrogens with one attached hydrogen (secondary N) is 1. The summed E-state index contributed by atoms with van der Waals surface area (Å²) in [5, 5.41) is 5.72. The summed E-state index contributed by atoms with van der Waals surface area (Å²) in [5.41, 5.74) is 3.99. The van der Waals surface area contributed by atoms with E-state index < -0.39 is 17.8 Å². The van der Waals surface area contributed by atoms with Crippen LogP contribution in [0.15, 0.2) is 6.07 Å². The Bertz CT molecular complexity index is 399. The zero-order valence-corrected chi connectivity index (χ0v) is 9.21. The number of hydrogen-bond acceptors (Lipinski definition) is 3. The van der Waals surface area contributed by atoms with Crippen LogP contribution in [0.25, 0.3) is 0 Å². The van der Waals surface area contributed by atoms with E-state index in [1.54, 1.807) is 6.92 Å². The normalized spacial score (nSPS) is 11.6. The van der Waals surface area contributed by atoms with Crippen molar-refractivity contribution in [3.8, 4) is 0 Å². The third kappa shape index (κ3) is 3.19. The first-order chi connectivity index (χ1) is 7.90. The first-order valence-corrected chi connectivity index (χ1v) is 5.03. The van der Waals surface area contributed by atoms with Gasteiger partial charge < -0.3 is 11.1 Å². The second-order valence-corrected chi connectivity index (χ2v) is 3.27. The van der Waals surface area contributed by atoms with E-state index in [1.807, 2.05) is 0 Å². The van der Waals surface area contributed by atoms with E-state index in [1.165, 1.54) is 0 Å². The number of aromatic nitrogens is 2. The fourth-order valence-electron chi connectivity index (χ4n) is 1.26. The lowest BCUT2D eigenvalue weighted by molar-refractivity contribution is -0.141. The zero-order chi connectivity index (χ0) is 13.1. The molecule has 0 aliphatic carbocycles. The van der Waals surface area contributed by atoms with Crippen LogP contribution in [-0.2, 0) is 12.7 Å². The molecule has 0 spiro atoms. The number of amides is 1. The van der Waals surface area contributed by atoms with Crippen LogP contribution in [0.4, 0.5) is 13.2 Å². The second-order valence-electron chi connectivity index (χ2n) is 3.27. The fourth-order valence-corrected chi connectivity index (χ4v) is 1.26. The molecule has 1 aromatic heterocycles. The Morgan fingerprint density at radius 3 is 2.71 bits per heavy atom. The molecule has 3 N–H and O–H groups in total. The summed E-state index contributed by atoms with van der Waals surface area (Å²) in [6.45, 7) is 2.21. The van der Waals surface area contributed by atoms with Crippen LogP contribution in [0.3, 0.4) is 0 Å². The minimum atomic E-state index is -4.55. The Balaban J connectivity index is 2.98. The first kappa shape index (κ1) is 13.5. The Morgan fingerprint density at radius 2 is 2.24 bits per heavy atom. The van der Waals surface area contributed by atoms with Gasteiger partial charge >= 0.3 is 6.18 Å². The number of halogens is 3. The van der Waals surface area contributed by atoms with Gasteiger partial charge in [-0.3, -0.25) is 9.48 Å². The molecule has 1 heterocycles. The minimum Gasteiger partial charge on any atom is -0.349 e. The molecule has 0 saturated heterocycles. The maximum absolute atomic E-state index is 12.4. The van der Waals surface area contributed by atoms with Gasteiger partial charge in [-0.15, -0.1) is 0 Å². The van der Waals surface area contributed by atoms with E-state index in [9.17, 15) is 18.0 Å². The monoisotopic (exact) mass is 250 g/mol. The van der Waals surface area contributed by atoms with Gasteiger partial charge in [-0.2, -0.15) is 18.3 Å². The third-order valence-electron chi connectivity index (χ3n) is 2.03. The second kappa shape index (κ2) is 5.17. The van der Waals surface area contributed by atoms with E-state index in [4.69, 9.17) is 5.73 Å². The average molecular weight is 250 g/mol. The van der Waals surface area contributed by atoms with Gasteiger partial charge in [0.05, 0.1) is 0 Å². The van der Waals surface area contributed by atoms with Crippen LogP contribution in [0.1, 0.15) is 23.1 Å². The van der Waals surface area contributed by atoms with E-state index in [0.717, 1.165) is 10.7 Å². The van der Waals surface area contributed by atoms with Crippen LogP contribution in [0.2, 0.25) is 0 Å². The van der Waals surface area contributed by atoms with Crippen molar-refractivity contribution >= 4 is 5.91 Å². The summed E-state index contributed by atoms with van der Waals surface area (Å²) >= 11 is 0. The minimum absolute atomic E-state index is 0.117. The van der Waals surface area contributed by atoms with E-state index in [0.29, 0.717) is 0 Å². The van der Waals surface area contributed by atoms with Gasteiger partial charge in [0.1, 0.15) is 5.69 Å². The van der Waals surface area contributed by atoms with Gasteiger partial charge in [0.25, 0.3) is 5.91 Å². The molecule has 0 aromatic carbocycles. The highest BCUT2D eigenvalue weighted by Crippen LogP contribution is 2.28. The molecule has 1 amide bonds. The van der Waals surface area contributed by atoms with Crippen molar-refractivity contribution in [1.82, 2.24) is 15.1 Å². The maximum Gasteiger partial charge on any atom is 0.435 e. The van der Waals surface area contributed by atoms with Crippen molar-refractivity contribution in [3.05, 3.63) is 17.5 Å². The number of rotatable bonds is 4. The van der Waals surface area contributed by atoms with Crippen molar-refractivity contribution in [1.29, 1.82) is 0 Å². The number of nitrogens with zero attached hydrogens (tertiary/aromatic N) is 2. The molecule has 0 aliphatic rings. The molecule has 5 nitrogen and oxygen atoms in total. The molecule has 8 heteroatoms. The Kier molecular flexibility index (Phi) is 4.11. The lowest BCUT2D eigenvalue weighted by Gasteiger charge is -2.04. The smallest absolute Gasteiger partial charge is 0.349 e. The van der Waals surface area contributed by atoms with Crippen molar-refractivity contribution in [2.45, 2.75) is 19.6 Å². The summed E-state index contributed by atoms with van der Waals surface area (Å²) in [4.78, 5) is 11.5. The molecular weight excluding hydrogens is 237 g/mol. The summed E-state index contributed by atoms with van der Waals surface area (Å²) in [5.74, 6) is -0.611. The Morgan fingerprint density at radius 1 is 1.59 bits per heavy atom. The quantitative estimate of drug-likeness (QED) is 0.822. The average Bonchev–Trinajstić information content (AvgIpc) is 2.69. The number of carbonyl (C=O) groups excluding carboxylic acids is 1. The zero-order valence-electron chi connectivity index (χ0n) is 9.21. The highest BCUT2D eigenvalue weighted by Gasteiger charge is 2.35. The highest BCUT2D eigenvalue weighted by molar-refractivity contribution is 5.92. The van der Waals surface area contributed by atoms with Crippen LogP contribution in [-0.4, -0.2) is 28.8 Å². The van der Waals surface area contributed by atoms with Crippen LogP contribution in [0.5, 0.6) is 0 Å². The topological polar surface area (TPSA) is 72.9 Å². The summed E-state index contributed by atoms with van der Waals surface area (Å²) < 4.78 is 38.2. The predicted molar refractivity (Wildman–Crippen MR) is 54.3 cm³/mol. The Hall–Kier alpha value is -1.57. The van der Waals surface area contributed by atoms with Crippen molar-refractivity contribution < 1.29 is 18.0 Å². The molecule has 0 atom stereocenters. The van der Waals surface area contributed by atoms with E-state index >= 15 is 0 Å². The molecule has 1 rings (SSSR count). The number of nitrogens with two attached hydrogens (primary N) is 1. The molecule has 0 saturated carbocycles. The molecule has 0 fully saturated rings. The maximum atomic E-state index is 12.4. The van der Waals surface area contributed by atoms with E-state index in [2.05, 4.69) is 10.4 Å².